The molecule has 0 aliphatic rings. The molecule has 0 spiro atoms. The van der Waals surface area contributed by atoms with Gasteiger partial charge < -0.3 is 10.1 Å². The number of hydrogen-bond donors (Lipinski definition) is 1. The summed E-state index contributed by atoms with van der Waals surface area (Å²) in [4.78, 5) is 8.66. The summed E-state index contributed by atoms with van der Waals surface area (Å²) in [5, 5.41) is 3.00. The third kappa shape index (κ3) is 3.43. The zero-order valence-corrected chi connectivity index (χ0v) is 11.9. The molecule has 1 aromatic carbocycles. The summed E-state index contributed by atoms with van der Waals surface area (Å²) in [6.45, 7) is 2.30. The van der Waals surface area contributed by atoms with E-state index < -0.39 is 0 Å². The summed E-state index contributed by atoms with van der Waals surface area (Å²) in [7, 11) is 1.83. The first kappa shape index (κ1) is 12.8. The van der Waals surface area contributed by atoms with Crippen LogP contribution in [0.15, 0.2) is 34.8 Å². The van der Waals surface area contributed by atoms with Crippen molar-refractivity contribution in [2.75, 3.05) is 12.4 Å². The van der Waals surface area contributed by atoms with Crippen LogP contribution >= 0.6 is 15.9 Å². The van der Waals surface area contributed by atoms with E-state index in [4.69, 9.17) is 4.74 Å². The number of nitrogens with one attached hydrogen (secondary N) is 1. The van der Waals surface area contributed by atoms with Gasteiger partial charge in [-0.15, -0.1) is 0 Å². The second-order valence-corrected chi connectivity index (χ2v) is 4.72. The van der Waals surface area contributed by atoms with Gasteiger partial charge in [-0.3, -0.25) is 0 Å². The van der Waals surface area contributed by atoms with Gasteiger partial charge >= 0.3 is 0 Å². The summed E-state index contributed by atoms with van der Waals surface area (Å²) in [5.74, 6) is 2.27. The lowest BCUT2D eigenvalue weighted by atomic mass is 10.3. The molecule has 1 N–H and O–H groups in total. The summed E-state index contributed by atoms with van der Waals surface area (Å²) in [6.07, 6.45) is 0. The SMILES string of the molecule is CNc1cc(C)nc(COc2ccc(Br)cc2)n1. The third-order valence-corrected chi connectivity index (χ3v) is 2.87. The zero-order chi connectivity index (χ0) is 13.0. The first-order chi connectivity index (χ1) is 8.67. The van der Waals surface area contributed by atoms with Gasteiger partial charge in [0.2, 0.25) is 0 Å². The zero-order valence-electron chi connectivity index (χ0n) is 10.3. The maximum absolute atomic E-state index is 5.63. The number of halogens is 1. The largest absolute Gasteiger partial charge is 0.486 e. The van der Waals surface area contributed by atoms with Crippen LogP contribution in [0, 0.1) is 6.92 Å². The molecule has 0 amide bonds. The summed E-state index contributed by atoms with van der Waals surface area (Å²) in [5.41, 5.74) is 0.920. The average molecular weight is 308 g/mol. The van der Waals surface area contributed by atoms with Gasteiger partial charge in [0.05, 0.1) is 0 Å². The minimum absolute atomic E-state index is 0.359. The monoisotopic (exact) mass is 307 g/mol. The second kappa shape index (κ2) is 5.82. The van der Waals surface area contributed by atoms with Crippen molar-refractivity contribution in [2.24, 2.45) is 0 Å². The Balaban J connectivity index is 2.05. The van der Waals surface area contributed by atoms with Gasteiger partial charge in [0.1, 0.15) is 18.2 Å². The van der Waals surface area contributed by atoms with E-state index in [1.807, 2.05) is 44.3 Å². The molecule has 0 aliphatic heterocycles. The highest BCUT2D eigenvalue weighted by Crippen LogP contribution is 2.17. The van der Waals surface area contributed by atoms with Crippen LogP contribution in [-0.4, -0.2) is 17.0 Å². The van der Waals surface area contributed by atoms with Crippen LogP contribution in [0.4, 0.5) is 5.82 Å². The fourth-order valence-corrected chi connectivity index (χ4v) is 1.77. The summed E-state index contributed by atoms with van der Waals surface area (Å²) in [6, 6.07) is 9.57. The molecule has 0 saturated heterocycles. The van der Waals surface area contributed by atoms with Gasteiger partial charge in [-0.2, -0.15) is 0 Å². The van der Waals surface area contributed by atoms with Crippen LogP contribution < -0.4 is 10.1 Å². The van der Waals surface area contributed by atoms with Gasteiger partial charge in [0, 0.05) is 23.3 Å². The van der Waals surface area contributed by atoms with Crippen LogP contribution in [0.25, 0.3) is 0 Å². The van der Waals surface area contributed by atoms with Crippen LogP contribution in [0.5, 0.6) is 5.75 Å². The van der Waals surface area contributed by atoms with E-state index in [1.54, 1.807) is 0 Å². The highest BCUT2D eigenvalue weighted by Gasteiger charge is 2.02. The van der Waals surface area contributed by atoms with Crippen LogP contribution in [-0.2, 0) is 6.61 Å². The van der Waals surface area contributed by atoms with Crippen molar-refractivity contribution in [1.82, 2.24) is 9.97 Å². The number of nitrogens with zero attached hydrogens (tertiary/aromatic N) is 2. The van der Waals surface area contributed by atoms with Gasteiger partial charge in [0.25, 0.3) is 0 Å². The van der Waals surface area contributed by atoms with Crippen molar-refractivity contribution < 1.29 is 4.74 Å². The van der Waals surface area contributed by atoms with Crippen molar-refractivity contribution in [3.8, 4) is 5.75 Å². The summed E-state index contributed by atoms with van der Waals surface area (Å²) >= 11 is 3.38. The van der Waals surface area contributed by atoms with Gasteiger partial charge in [-0.1, -0.05) is 15.9 Å². The molecule has 1 heterocycles. The maximum atomic E-state index is 5.63. The quantitative estimate of drug-likeness (QED) is 0.942. The van der Waals surface area contributed by atoms with Crippen molar-refractivity contribution >= 4 is 21.7 Å². The Hall–Kier alpha value is -1.62. The van der Waals surface area contributed by atoms with Crippen LogP contribution in [0.1, 0.15) is 11.5 Å². The molecular formula is C13H14BrN3O. The molecular weight excluding hydrogens is 294 g/mol. The third-order valence-electron chi connectivity index (χ3n) is 2.34. The van der Waals surface area contributed by atoms with E-state index in [9.17, 15) is 0 Å². The first-order valence-corrected chi connectivity index (χ1v) is 6.37. The number of rotatable bonds is 4. The lowest BCUT2D eigenvalue weighted by molar-refractivity contribution is 0.295. The molecule has 94 valence electrons. The Labute approximate surface area is 115 Å². The second-order valence-electron chi connectivity index (χ2n) is 3.80. The molecule has 0 aliphatic carbocycles. The molecule has 2 aromatic rings. The van der Waals surface area contributed by atoms with Crippen molar-refractivity contribution in [3.05, 3.63) is 46.3 Å². The van der Waals surface area contributed by atoms with Crippen molar-refractivity contribution in [3.63, 3.8) is 0 Å². The van der Waals surface area contributed by atoms with Gasteiger partial charge in [-0.05, 0) is 31.2 Å². The molecule has 5 heteroatoms. The predicted octanol–water partition coefficient (Wildman–Crippen LogP) is 3.17. The Morgan fingerprint density at radius 2 is 1.94 bits per heavy atom. The maximum Gasteiger partial charge on any atom is 0.168 e. The number of aromatic nitrogens is 2. The molecule has 0 radical (unpaired) electrons. The van der Waals surface area contributed by atoms with E-state index in [-0.39, 0.29) is 0 Å². The normalized spacial score (nSPS) is 10.2. The fourth-order valence-electron chi connectivity index (χ4n) is 1.50. The highest BCUT2D eigenvalue weighted by atomic mass is 79.9. The predicted molar refractivity (Wildman–Crippen MR) is 74.8 cm³/mol. The fraction of sp³-hybridized carbons (Fsp3) is 0.231. The molecule has 4 nitrogen and oxygen atoms in total. The molecule has 0 fully saturated rings. The number of ether oxygens (including phenoxy) is 1. The lowest BCUT2D eigenvalue weighted by Crippen LogP contribution is -2.05. The Kier molecular flexibility index (Phi) is 4.15. The lowest BCUT2D eigenvalue weighted by Gasteiger charge is -2.07. The Morgan fingerprint density at radius 3 is 2.61 bits per heavy atom. The molecule has 18 heavy (non-hydrogen) atoms. The van der Waals surface area contributed by atoms with Crippen LogP contribution in [0.2, 0.25) is 0 Å². The van der Waals surface area contributed by atoms with E-state index in [1.165, 1.54) is 0 Å². The Morgan fingerprint density at radius 1 is 1.22 bits per heavy atom. The van der Waals surface area contributed by atoms with Crippen LogP contribution in [0.3, 0.4) is 0 Å². The van der Waals surface area contributed by atoms with E-state index in [2.05, 4.69) is 31.2 Å². The molecule has 0 saturated carbocycles. The van der Waals surface area contributed by atoms with Gasteiger partial charge in [-0.25, -0.2) is 9.97 Å². The van der Waals surface area contributed by atoms with Crippen molar-refractivity contribution in [1.29, 1.82) is 0 Å². The first-order valence-electron chi connectivity index (χ1n) is 5.58. The molecule has 0 atom stereocenters. The standard InChI is InChI=1S/C13H14BrN3O/c1-9-7-12(15-2)17-13(16-9)8-18-11-5-3-10(14)4-6-11/h3-7H,8H2,1-2H3,(H,15,16,17). The minimum Gasteiger partial charge on any atom is -0.486 e. The highest BCUT2D eigenvalue weighted by molar-refractivity contribution is 9.10. The Bertz CT molecular complexity index is 528. The molecule has 2 rings (SSSR count). The van der Waals surface area contributed by atoms with Crippen molar-refractivity contribution in [2.45, 2.75) is 13.5 Å². The number of anilines is 1. The molecule has 0 unspecified atom stereocenters. The summed E-state index contributed by atoms with van der Waals surface area (Å²) < 4.78 is 6.65. The minimum atomic E-state index is 0.359. The van der Waals surface area contributed by atoms with E-state index in [0.717, 1.165) is 21.7 Å². The number of hydrogen-bond acceptors (Lipinski definition) is 4. The number of benzene rings is 1. The smallest absolute Gasteiger partial charge is 0.168 e. The number of aryl methyl sites for hydroxylation is 1. The molecule has 0 bridgehead atoms. The van der Waals surface area contributed by atoms with Gasteiger partial charge in [0.15, 0.2) is 5.82 Å². The average Bonchev–Trinajstić information content (AvgIpc) is 2.37. The topological polar surface area (TPSA) is 47.0 Å². The van der Waals surface area contributed by atoms with E-state index in [0.29, 0.717) is 12.4 Å². The molecule has 1 aromatic heterocycles. The van der Waals surface area contributed by atoms with E-state index >= 15 is 0 Å².